The van der Waals surface area contributed by atoms with Crippen molar-refractivity contribution >= 4 is 21.9 Å². The molecule has 0 saturated carbocycles. The Labute approximate surface area is 153 Å². The van der Waals surface area contributed by atoms with E-state index < -0.39 is 27.4 Å². The van der Waals surface area contributed by atoms with Gasteiger partial charge in [0.2, 0.25) is 10.0 Å². The lowest BCUT2D eigenvalue weighted by atomic mass is 9.85. The maximum Gasteiger partial charge on any atom is 0.305 e. The summed E-state index contributed by atoms with van der Waals surface area (Å²) in [6.07, 6.45) is 1.37. The Morgan fingerprint density at radius 3 is 2.42 bits per heavy atom. The van der Waals surface area contributed by atoms with Gasteiger partial charge in [-0.2, -0.15) is 4.31 Å². The molecular formula is C17H26N2O6S. The van der Waals surface area contributed by atoms with Crippen molar-refractivity contribution in [2.24, 2.45) is 5.92 Å². The van der Waals surface area contributed by atoms with Crippen LogP contribution in [0.2, 0.25) is 0 Å². The maximum absolute atomic E-state index is 12.7. The fourth-order valence-corrected chi connectivity index (χ4v) is 4.61. The molecule has 8 nitrogen and oxygen atoms in total. The topological polar surface area (TPSA) is 117 Å². The van der Waals surface area contributed by atoms with Crippen molar-refractivity contribution in [2.75, 3.05) is 13.1 Å². The van der Waals surface area contributed by atoms with Crippen molar-refractivity contribution in [3.63, 3.8) is 0 Å². The van der Waals surface area contributed by atoms with E-state index in [1.165, 1.54) is 17.3 Å². The van der Waals surface area contributed by atoms with Crippen LogP contribution in [-0.4, -0.2) is 48.3 Å². The van der Waals surface area contributed by atoms with E-state index in [4.69, 9.17) is 9.52 Å². The molecular weight excluding hydrogens is 360 g/mol. The van der Waals surface area contributed by atoms with Crippen LogP contribution in [-0.2, 0) is 14.8 Å². The molecule has 1 aromatic heterocycles. The Morgan fingerprint density at radius 2 is 1.92 bits per heavy atom. The lowest BCUT2D eigenvalue weighted by molar-refractivity contribution is -0.138. The van der Waals surface area contributed by atoms with E-state index in [-0.39, 0.29) is 28.8 Å². The van der Waals surface area contributed by atoms with Gasteiger partial charge in [-0.1, -0.05) is 13.8 Å². The Balaban J connectivity index is 2.27. The van der Waals surface area contributed by atoms with Gasteiger partial charge in [0.15, 0.2) is 5.76 Å². The average molecular weight is 386 g/mol. The van der Waals surface area contributed by atoms with Crippen LogP contribution in [0.4, 0.5) is 0 Å². The molecule has 1 atom stereocenters. The van der Waals surface area contributed by atoms with Crippen LogP contribution in [0.15, 0.2) is 15.4 Å². The molecule has 0 spiro atoms. The quantitative estimate of drug-likeness (QED) is 0.740. The number of nitrogens with one attached hydrogen (secondary N) is 1. The van der Waals surface area contributed by atoms with Crippen molar-refractivity contribution in [2.45, 2.75) is 57.4 Å². The summed E-state index contributed by atoms with van der Waals surface area (Å²) in [5.41, 5.74) is -0.988. The van der Waals surface area contributed by atoms with E-state index in [0.717, 1.165) is 12.8 Å². The van der Waals surface area contributed by atoms with Gasteiger partial charge in [0.05, 0.1) is 12.0 Å². The van der Waals surface area contributed by atoms with E-state index in [1.54, 1.807) is 20.8 Å². The van der Waals surface area contributed by atoms with Gasteiger partial charge in [-0.25, -0.2) is 8.42 Å². The van der Waals surface area contributed by atoms with Gasteiger partial charge in [0, 0.05) is 19.2 Å². The monoisotopic (exact) mass is 386 g/mol. The predicted molar refractivity (Wildman–Crippen MR) is 94.4 cm³/mol. The van der Waals surface area contributed by atoms with E-state index in [9.17, 15) is 18.0 Å². The largest absolute Gasteiger partial charge is 0.481 e. The standard InChI is InChI=1S/C17H26N2O6S/c1-11(2)17(4,10-15(20)21)18-16(22)13-9-14(12(3)25-13)26(23,24)19-7-5-6-8-19/h9,11H,5-8,10H2,1-4H3,(H,18,22)(H,20,21). The lowest BCUT2D eigenvalue weighted by Crippen LogP contribution is -2.51. The first-order valence-electron chi connectivity index (χ1n) is 8.62. The summed E-state index contributed by atoms with van der Waals surface area (Å²) in [4.78, 5) is 23.6. The average Bonchev–Trinajstić information content (AvgIpc) is 3.15. The summed E-state index contributed by atoms with van der Waals surface area (Å²) >= 11 is 0. The highest BCUT2D eigenvalue weighted by Crippen LogP contribution is 2.27. The molecule has 1 amide bonds. The summed E-state index contributed by atoms with van der Waals surface area (Å²) in [5.74, 6) is -1.81. The molecule has 1 unspecified atom stereocenters. The van der Waals surface area contributed by atoms with E-state index in [1.807, 2.05) is 0 Å². The first-order chi connectivity index (χ1) is 12.0. The minimum absolute atomic E-state index is 0.0194. The number of rotatable bonds is 7. The molecule has 0 aromatic carbocycles. The second-order valence-corrected chi connectivity index (χ2v) is 9.15. The summed E-state index contributed by atoms with van der Waals surface area (Å²) < 4.78 is 32.1. The molecule has 2 heterocycles. The number of sulfonamides is 1. The molecule has 0 aliphatic carbocycles. The molecule has 1 saturated heterocycles. The maximum atomic E-state index is 12.7. The van der Waals surface area contributed by atoms with Gasteiger partial charge >= 0.3 is 5.97 Å². The zero-order valence-electron chi connectivity index (χ0n) is 15.5. The first-order valence-corrected chi connectivity index (χ1v) is 10.1. The first kappa shape index (κ1) is 20.4. The summed E-state index contributed by atoms with van der Waals surface area (Å²) in [6.45, 7) is 7.66. The second kappa shape index (κ2) is 7.40. The number of carboxylic acid groups (broad SMARTS) is 1. The Morgan fingerprint density at radius 1 is 1.35 bits per heavy atom. The van der Waals surface area contributed by atoms with Crippen molar-refractivity contribution in [1.82, 2.24) is 9.62 Å². The van der Waals surface area contributed by atoms with Gasteiger partial charge in [-0.3, -0.25) is 9.59 Å². The highest BCUT2D eigenvalue weighted by atomic mass is 32.2. The van der Waals surface area contributed by atoms with Crippen LogP contribution in [0.5, 0.6) is 0 Å². The molecule has 1 aliphatic rings. The zero-order valence-corrected chi connectivity index (χ0v) is 16.4. The molecule has 146 valence electrons. The highest BCUT2D eigenvalue weighted by Gasteiger charge is 2.36. The van der Waals surface area contributed by atoms with Crippen LogP contribution in [0.25, 0.3) is 0 Å². The van der Waals surface area contributed by atoms with E-state index in [0.29, 0.717) is 13.1 Å². The third-order valence-electron chi connectivity index (χ3n) is 4.97. The van der Waals surface area contributed by atoms with Crippen molar-refractivity contribution < 1.29 is 27.5 Å². The number of hydrogen-bond acceptors (Lipinski definition) is 5. The smallest absolute Gasteiger partial charge is 0.305 e. The van der Waals surface area contributed by atoms with E-state index >= 15 is 0 Å². The van der Waals surface area contributed by atoms with Crippen LogP contribution >= 0.6 is 0 Å². The zero-order chi connectivity index (χ0) is 19.7. The Hall–Kier alpha value is -1.87. The van der Waals surface area contributed by atoms with E-state index in [2.05, 4.69) is 5.32 Å². The molecule has 2 N–H and O–H groups in total. The third kappa shape index (κ3) is 4.09. The molecule has 0 radical (unpaired) electrons. The molecule has 1 aliphatic heterocycles. The fraction of sp³-hybridized carbons (Fsp3) is 0.647. The molecule has 1 fully saturated rings. The molecule has 0 bridgehead atoms. The minimum Gasteiger partial charge on any atom is -0.481 e. The van der Waals surface area contributed by atoms with Crippen molar-refractivity contribution in [1.29, 1.82) is 0 Å². The number of carbonyl (C=O) groups excluding carboxylic acids is 1. The number of furan rings is 1. The van der Waals surface area contributed by atoms with Crippen molar-refractivity contribution in [3.05, 3.63) is 17.6 Å². The van der Waals surface area contributed by atoms with Crippen LogP contribution in [0.3, 0.4) is 0 Å². The Kier molecular flexibility index (Phi) is 5.82. The lowest BCUT2D eigenvalue weighted by Gasteiger charge is -2.33. The van der Waals surface area contributed by atoms with Crippen molar-refractivity contribution in [3.8, 4) is 0 Å². The minimum atomic E-state index is -3.70. The number of aryl methyl sites for hydroxylation is 1. The number of hydrogen-bond donors (Lipinski definition) is 2. The third-order valence-corrected chi connectivity index (χ3v) is 6.98. The highest BCUT2D eigenvalue weighted by molar-refractivity contribution is 7.89. The SMILES string of the molecule is Cc1oc(C(=O)NC(C)(CC(=O)O)C(C)C)cc1S(=O)(=O)N1CCCC1. The predicted octanol–water partition coefficient (Wildman–Crippen LogP) is 1.99. The fourth-order valence-electron chi connectivity index (χ4n) is 2.93. The van der Waals surface area contributed by atoms with Gasteiger partial charge in [0.25, 0.3) is 5.91 Å². The van der Waals surface area contributed by atoms with Crippen LogP contribution in [0, 0.1) is 12.8 Å². The number of aliphatic carboxylic acids is 1. The Bertz CT molecular complexity index is 792. The van der Waals surface area contributed by atoms with Gasteiger partial charge in [-0.05, 0) is 32.6 Å². The molecule has 26 heavy (non-hydrogen) atoms. The summed E-state index contributed by atoms with van der Waals surface area (Å²) in [6, 6.07) is 1.22. The normalized spacial score (nSPS) is 18.0. The molecule has 9 heteroatoms. The molecule has 2 rings (SSSR count). The summed E-state index contributed by atoms with van der Waals surface area (Å²) in [5, 5.41) is 11.8. The van der Waals surface area contributed by atoms with Gasteiger partial charge in [-0.15, -0.1) is 0 Å². The van der Waals surface area contributed by atoms with Gasteiger partial charge in [0.1, 0.15) is 10.7 Å². The van der Waals surface area contributed by atoms with Crippen LogP contribution in [0.1, 0.15) is 56.3 Å². The number of nitrogens with zero attached hydrogens (tertiary/aromatic N) is 1. The second-order valence-electron chi connectivity index (χ2n) is 7.24. The number of amides is 1. The van der Waals surface area contributed by atoms with Gasteiger partial charge < -0.3 is 14.8 Å². The number of carboxylic acids is 1. The molecule has 1 aromatic rings. The summed E-state index contributed by atoms with van der Waals surface area (Å²) in [7, 11) is -3.70. The van der Waals surface area contributed by atoms with Crippen LogP contribution < -0.4 is 5.32 Å². The number of carbonyl (C=O) groups is 2.